The molecule has 4 nitrogen and oxygen atoms in total. The standard InChI is InChI=1S/C18H14N4S/c19-18(17-4-2-10-23-17)21-14-5-6-16-13(11-14)7-9-22(16)15-3-1-8-20-12-15/h1-12H,(H2,19,21). The zero-order chi connectivity index (χ0) is 15.6. The average Bonchev–Trinajstić information content (AvgIpc) is 3.25. The molecule has 0 radical (unpaired) electrons. The second-order valence-corrected chi connectivity index (χ2v) is 6.06. The van der Waals surface area contributed by atoms with Crippen molar-refractivity contribution in [2.45, 2.75) is 0 Å². The molecule has 0 aliphatic heterocycles. The number of nitrogens with two attached hydrogens (primary N) is 1. The predicted molar refractivity (Wildman–Crippen MR) is 95.8 cm³/mol. The van der Waals surface area contributed by atoms with Crippen LogP contribution in [0.3, 0.4) is 0 Å². The number of pyridine rings is 1. The summed E-state index contributed by atoms with van der Waals surface area (Å²) < 4.78 is 2.11. The van der Waals surface area contributed by atoms with E-state index >= 15 is 0 Å². The van der Waals surface area contributed by atoms with E-state index in [1.807, 2.05) is 54.2 Å². The number of nitrogens with zero attached hydrogens (tertiary/aromatic N) is 3. The monoisotopic (exact) mass is 318 g/mol. The first-order chi connectivity index (χ1) is 11.3. The Morgan fingerprint density at radius 3 is 2.87 bits per heavy atom. The number of thiophene rings is 1. The average molecular weight is 318 g/mol. The molecule has 1 aromatic carbocycles. The quantitative estimate of drug-likeness (QED) is 0.456. The molecule has 4 aromatic rings. The van der Waals surface area contributed by atoms with Crippen molar-refractivity contribution < 1.29 is 0 Å². The molecule has 2 N–H and O–H groups in total. The number of benzene rings is 1. The Kier molecular flexibility index (Phi) is 3.40. The third kappa shape index (κ3) is 2.62. The maximum Gasteiger partial charge on any atom is 0.141 e. The smallest absolute Gasteiger partial charge is 0.141 e. The lowest BCUT2D eigenvalue weighted by molar-refractivity contribution is 1.10. The number of hydrogen-bond acceptors (Lipinski definition) is 3. The lowest BCUT2D eigenvalue weighted by Gasteiger charge is -2.05. The Morgan fingerprint density at radius 2 is 2.09 bits per heavy atom. The predicted octanol–water partition coefficient (Wildman–Crippen LogP) is 4.12. The molecular formula is C18H14N4S. The molecule has 23 heavy (non-hydrogen) atoms. The second-order valence-electron chi connectivity index (χ2n) is 5.11. The third-order valence-electron chi connectivity index (χ3n) is 3.62. The van der Waals surface area contributed by atoms with Gasteiger partial charge in [0.05, 0.1) is 28.0 Å². The van der Waals surface area contributed by atoms with Crippen LogP contribution in [0.2, 0.25) is 0 Å². The second kappa shape index (κ2) is 5.70. The lowest BCUT2D eigenvalue weighted by atomic mass is 10.2. The van der Waals surface area contributed by atoms with Crippen LogP contribution in [-0.4, -0.2) is 15.4 Å². The molecule has 0 amide bonds. The van der Waals surface area contributed by atoms with Crippen LogP contribution < -0.4 is 5.73 Å². The summed E-state index contributed by atoms with van der Waals surface area (Å²) in [6.45, 7) is 0. The summed E-state index contributed by atoms with van der Waals surface area (Å²) in [5, 5.41) is 3.11. The highest BCUT2D eigenvalue weighted by molar-refractivity contribution is 7.12. The van der Waals surface area contributed by atoms with Gasteiger partial charge >= 0.3 is 0 Å². The molecule has 0 bridgehead atoms. The Morgan fingerprint density at radius 1 is 1.13 bits per heavy atom. The van der Waals surface area contributed by atoms with Crippen LogP contribution >= 0.6 is 11.3 Å². The molecule has 3 heterocycles. The fourth-order valence-electron chi connectivity index (χ4n) is 2.54. The van der Waals surface area contributed by atoms with Gasteiger partial charge in [0.25, 0.3) is 0 Å². The van der Waals surface area contributed by atoms with E-state index in [9.17, 15) is 0 Å². The summed E-state index contributed by atoms with van der Waals surface area (Å²) in [6.07, 6.45) is 5.66. The van der Waals surface area contributed by atoms with E-state index in [1.165, 1.54) is 0 Å². The molecule has 0 saturated carbocycles. The Hall–Kier alpha value is -2.92. The van der Waals surface area contributed by atoms with Gasteiger partial charge in [0, 0.05) is 17.8 Å². The van der Waals surface area contributed by atoms with E-state index in [1.54, 1.807) is 17.5 Å². The molecule has 0 saturated heterocycles. The van der Waals surface area contributed by atoms with E-state index in [0.717, 1.165) is 27.2 Å². The van der Waals surface area contributed by atoms with Crippen molar-refractivity contribution >= 4 is 33.8 Å². The summed E-state index contributed by atoms with van der Waals surface area (Å²) in [5.41, 5.74) is 9.07. The zero-order valence-electron chi connectivity index (χ0n) is 12.3. The van der Waals surface area contributed by atoms with Crippen LogP contribution in [-0.2, 0) is 0 Å². The van der Waals surface area contributed by atoms with E-state index < -0.39 is 0 Å². The molecule has 0 atom stereocenters. The summed E-state index contributed by atoms with van der Waals surface area (Å²) in [6, 6.07) is 16.1. The minimum atomic E-state index is 0.547. The molecule has 4 rings (SSSR count). The molecule has 0 aliphatic carbocycles. The highest BCUT2D eigenvalue weighted by atomic mass is 32.1. The number of fused-ring (bicyclic) bond motifs is 1. The first kappa shape index (κ1) is 13.7. The highest BCUT2D eigenvalue weighted by Gasteiger charge is 2.05. The van der Waals surface area contributed by atoms with Crippen molar-refractivity contribution in [3.63, 3.8) is 0 Å². The summed E-state index contributed by atoms with van der Waals surface area (Å²) in [7, 11) is 0. The minimum Gasteiger partial charge on any atom is -0.383 e. The first-order valence-electron chi connectivity index (χ1n) is 7.21. The highest BCUT2D eigenvalue weighted by Crippen LogP contribution is 2.25. The van der Waals surface area contributed by atoms with E-state index in [-0.39, 0.29) is 0 Å². The van der Waals surface area contributed by atoms with Crippen LogP contribution in [0.4, 0.5) is 5.69 Å². The number of hydrogen-bond donors (Lipinski definition) is 1. The molecule has 112 valence electrons. The molecule has 0 spiro atoms. The number of aromatic nitrogens is 2. The first-order valence-corrected chi connectivity index (χ1v) is 8.09. The summed E-state index contributed by atoms with van der Waals surface area (Å²) in [5.74, 6) is 0.547. The molecule has 0 fully saturated rings. The number of rotatable bonds is 3. The van der Waals surface area contributed by atoms with Crippen LogP contribution in [0.25, 0.3) is 16.6 Å². The molecule has 0 aliphatic rings. The van der Waals surface area contributed by atoms with Gasteiger partial charge in [-0.25, -0.2) is 4.99 Å². The number of amidine groups is 1. The van der Waals surface area contributed by atoms with Gasteiger partial charge in [-0.3, -0.25) is 4.98 Å². The van der Waals surface area contributed by atoms with Crippen LogP contribution in [0.1, 0.15) is 4.88 Å². The van der Waals surface area contributed by atoms with E-state index in [2.05, 4.69) is 26.7 Å². The Bertz CT molecular complexity index is 969. The Balaban J connectivity index is 1.74. The van der Waals surface area contributed by atoms with Crippen molar-refractivity contribution in [1.29, 1.82) is 0 Å². The maximum absolute atomic E-state index is 6.06. The van der Waals surface area contributed by atoms with Gasteiger partial charge in [0.15, 0.2) is 0 Å². The van der Waals surface area contributed by atoms with E-state index in [4.69, 9.17) is 5.73 Å². The molecule has 5 heteroatoms. The molecular weight excluding hydrogens is 304 g/mol. The van der Waals surface area contributed by atoms with Gasteiger partial charge in [0.2, 0.25) is 0 Å². The van der Waals surface area contributed by atoms with Crippen molar-refractivity contribution in [2.75, 3.05) is 0 Å². The van der Waals surface area contributed by atoms with Crippen molar-refractivity contribution in [1.82, 2.24) is 9.55 Å². The third-order valence-corrected chi connectivity index (χ3v) is 4.51. The van der Waals surface area contributed by atoms with Gasteiger partial charge in [-0.1, -0.05) is 6.07 Å². The van der Waals surface area contributed by atoms with Crippen LogP contribution in [0, 0.1) is 0 Å². The van der Waals surface area contributed by atoms with Gasteiger partial charge in [-0.2, -0.15) is 0 Å². The van der Waals surface area contributed by atoms with Gasteiger partial charge in [-0.05, 0) is 47.8 Å². The fourth-order valence-corrected chi connectivity index (χ4v) is 3.17. The summed E-state index contributed by atoms with van der Waals surface area (Å²) in [4.78, 5) is 9.68. The minimum absolute atomic E-state index is 0.547. The molecule has 3 aromatic heterocycles. The van der Waals surface area contributed by atoms with Gasteiger partial charge in [0.1, 0.15) is 5.84 Å². The van der Waals surface area contributed by atoms with Crippen molar-refractivity contribution in [2.24, 2.45) is 10.7 Å². The van der Waals surface area contributed by atoms with Gasteiger partial charge < -0.3 is 10.3 Å². The normalized spacial score (nSPS) is 11.9. The van der Waals surface area contributed by atoms with Crippen molar-refractivity contribution in [3.8, 4) is 5.69 Å². The van der Waals surface area contributed by atoms with E-state index in [0.29, 0.717) is 5.84 Å². The summed E-state index contributed by atoms with van der Waals surface area (Å²) >= 11 is 1.59. The Labute approximate surface area is 137 Å². The largest absolute Gasteiger partial charge is 0.383 e. The number of aliphatic imine (C=N–C) groups is 1. The topological polar surface area (TPSA) is 56.2 Å². The lowest BCUT2D eigenvalue weighted by Crippen LogP contribution is -2.10. The molecule has 0 unspecified atom stereocenters. The maximum atomic E-state index is 6.06. The zero-order valence-corrected chi connectivity index (χ0v) is 13.1. The fraction of sp³-hybridized carbons (Fsp3) is 0. The van der Waals surface area contributed by atoms with Gasteiger partial charge in [-0.15, -0.1) is 11.3 Å². The van der Waals surface area contributed by atoms with Crippen LogP contribution in [0.5, 0.6) is 0 Å². The SMILES string of the molecule is NC(=Nc1ccc2c(ccn2-c2cccnc2)c1)c1cccs1. The van der Waals surface area contributed by atoms with Crippen LogP contribution in [0.15, 0.2) is 77.5 Å². The van der Waals surface area contributed by atoms with Crippen molar-refractivity contribution in [3.05, 3.63) is 77.4 Å².